The Morgan fingerprint density at radius 1 is 1.22 bits per heavy atom. The van der Waals surface area contributed by atoms with Gasteiger partial charge in [-0.05, 0) is 18.9 Å². The Morgan fingerprint density at radius 3 is 2.28 bits per heavy atom. The monoisotopic (exact) mass is 271 g/mol. The lowest BCUT2D eigenvalue weighted by Crippen LogP contribution is -2.33. The van der Waals surface area contributed by atoms with E-state index in [1.807, 2.05) is 13.8 Å². The minimum absolute atomic E-state index is 0.0778. The van der Waals surface area contributed by atoms with E-state index in [4.69, 9.17) is 0 Å². The minimum Gasteiger partial charge on any atom is -0.508 e. The lowest BCUT2D eigenvalue weighted by Gasteiger charge is -2.25. The summed E-state index contributed by atoms with van der Waals surface area (Å²) in [6, 6.07) is 6.42. The Bertz CT molecular complexity index is 497. The summed E-state index contributed by atoms with van der Waals surface area (Å²) >= 11 is 0. The first kappa shape index (κ1) is 15.0. The maximum Gasteiger partial charge on any atom is 0.214 e. The summed E-state index contributed by atoms with van der Waals surface area (Å²) in [7, 11) is -1.75. The number of nitrogens with zero attached hydrogens (tertiary/aromatic N) is 1. The molecule has 0 saturated carbocycles. The molecular weight excluding hydrogens is 250 g/mol. The molecule has 18 heavy (non-hydrogen) atoms. The number of para-hydroxylation sites is 1. The smallest absolute Gasteiger partial charge is 0.214 e. The van der Waals surface area contributed by atoms with Crippen molar-refractivity contribution in [2.75, 3.05) is 12.8 Å². The molecule has 1 rings (SSSR count). The molecule has 0 saturated heterocycles. The van der Waals surface area contributed by atoms with Crippen molar-refractivity contribution in [2.45, 2.75) is 26.8 Å². The zero-order chi connectivity index (χ0) is 13.9. The molecule has 1 unspecified atom stereocenters. The average Bonchev–Trinajstić information content (AvgIpc) is 2.26. The number of hydrogen-bond acceptors (Lipinski definition) is 3. The summed E-state index contributed by atoms with van der Waals surface area (Å²) in [5.74, 6) is 0.312. The zero-order valence-electron chi connectivity index (χ0n) is 11.3. The van der Waals surface area contributed by atoms with E-state index in [1.54, 1.807) is 38.2 Å². The van der Waals surface area contributed by atoms with Gasteiger partial charge in [0.25, 0.3) is 0 Å². The fourth-order valence-electron chi connectivity index (χ4n) is 1.82. The zero-order valence-corrected chi connectivity index (χ0v) is 12.1. The van der Waals surface area contributed by atoms with Gasteiger partial charge in [-0.2, -0.15) is 4.31 Å². The molecule has 1 N–H and O–H groups in total. The summed E-state index contributed by atoms with van der Waals surface area (Å²) < 4.78 is 25.5. The van der Waals surface area contributed by atoms with Gasteiger partial charge in [0.1, 0.15) is 5.75 Å². The van der Waals surface area contributed by atoms with Crippen molar-refractivity contribution < 1.29 is 13.5 Å². The Labute approximate surface area is 109 Å². The highest BCUT2D eigenvalue weighted by Crippen LogP contribution is 2.29. The van der Waals surface area contributed by atoms with E-state index in [9.17, 15) is 13.5 Å². The topological polar surface area (TPSA) is 57.6 Å². The molecule has 1 aromatic rings. The van der Waals surface area contributed by atoms with Gasteiger partial charge < -0.3 is 5.11 Å². The van der Waals surface area contributed by atoms with E-state index >= 15 is 0 Å². The van der Waals surface area contributed by atoms with Gasteiger partial charge in [0, 0.05) is 12.6 Å². The number of phenolic OH excluding ortho intramolecular Hbond substituents is 1. The predicted molar refractivity (Wildman–Crippen MR) is 72.9 cm³/mol. The molecule has 0 aliphatic rings. The van der Waals surface area contributed by atoms with Crippen LogP contribution >= 0.6 is 0 Å². The molecule has 0 fully saturated rings. The first-order chi connectivity index (χ1) is 8.25. The van der Waals surface area contributed by atoms with Crippen molar-refractivity contribution in [1.29, 1.82) is 0 Å². The van der Waals surface area contributed by atoms with Crippen molar-refractivity contribution in [3.8, 4) is 5.75 Å². The first-order valence-corrected chi connectivity index (χ1v) is 7.60. The van der Waals surface area contributed by atoms with Crippen molar-refractivity contribution in [3.05, 3.63) is 29.8 Å². The van der Waals surface area contributed by atoms with Crippen LogP contribution in [0, 0.1) is 5.92 Å². The molecule has 0 aromatic heterocycles. The second-order valence-corrected chi connectivity index (χ2v) is 7.00. The van der Waals surface area contributed by atoms with Gasteiger partial charge in [0.2, 0.25) is 10.0 Å². The third-order valence-corrected chi connectivity index (χ3v) is 5.20. The van der Waals surface area contributed by atoms with E-state index < -0.39 is 10.0 Å². The van der Waals surface area contributed by atoms with Gasteiger partial charge in [-0.15, -0.1) is 0 Å². The number of phenols is 1. The lowest BCUT2D eigenvalue weighted by molar-refractivity contribution is 0.378. The lowest BCUT2D eigenvalue weighted by atomic mass is 10.1. The number of rotatable bonds is 5. The average molecular weight is 271 g/mol. The summed E-state index contributed by atoms with van der Waals surface area (Å²) in [5.41, 5.74) is 0.618. The molecule has 0 amide bonds. The van der Waals surface area contributed by atoms with Crippen LogP contribution < -0.4 is 0 Å². The highest BCUT2D eigenvalue weighted by Gasteiger charge is 2.26. The fourth-order valence-corrected chi connectivity index (χ4v) is 3.49. The number of hydrogen-bond donors (Lipinski definition) is 1. The largest absolute Gasteiger partial charge is 0.508 e. The maximum absolute atomic E-state index is 12.1. The van der Waals surface area contributed by atoms with Gasteiger partial charge in [-0.1, -0.05) is 32.0 Å². The summed E-state index contributed by atoms with van der Waals surface area (Å²) in [5, 5.41) is 9.76. The van der Waals surface area contributed by atoms with Crippen LogP contribution in [0.3, 0.4) is 0 Å². The standard InChI is InChI=1S/C13H21NO3S/c1-10(2)9-18(16,17)14(4)11(3)12-7-5-6-8-13(12)15/h5-8,10-11,15H,9H2,1-4H3. The fraction of sp³-hybridized carbons (Fsp3) is 0.538. The first-order valence-electron chi connectivity index (χ1n) is 5.99. The molecule has 102 valence electrons. The van der Waals surface area contributed by atoms with Gasteiger partial charge >= 0.3 is 0 Å². The quantitative estimate of drug-likeness (QED) is 0.894. The SMILES string of the molecule is CC(C)CS(=O)(=O)N(C)C(C)c1ccccc1O. The van der Waals surface area contributed by atoms with Crippen LogP contribution in [-0.2, 0) is 10.0 Å². The number of aromatic hydroxyl groups is 1. The van der Waals surface area contributed by atoms with E-state index in [0.29, 0.717) is 5.56 Å². The van der Waals surface area contributed by atoms with Crippen LogP contribution in [0.15, 0.2) is 24.3 Å². The highest BCUT2D eigenvalue weighted by molar-refractivity contribution is 7.89. The molecule has 0 spiro atoms. The van der Waals surface area contributed by atoms with Crippen molar-refractivity contribution in [2.24, 2.45) is 5.92 Å². The summed E-state index contributed by atoms with van der Waals surface area (Å²) in [6.07, 6.45) is 0. The van der Waals surface area contributed by atoms with Crippen LogP contribution in [0.25, 0.3) is 0 Å². The number of benzene rings is 1. The van der Waals surface area contributed by atoms with Gasteiger partial charge in [-0.25, -0.2) is 8.42 Å². The minimum atomic E-state index is -3.30. The van der Waals surface area contributed by atoms with E-state index in [2.05, 4.69) is 0 Å². The van der Waals surface area contributed by atoms with E-state index in [-0.39, 0.29) is 23.5 Å². The maximum atomic E-state index is 12.1. The third kappa shape index (κ3) is 3.46. The van der Waals surface area contributed by atoms with E-state index in [1.165, 1.54) is 4.31 Å². The molecule has 0 radical (unpaired) electrons. The molecule has 5 heteroatoms. The summed E-state index contributed by atoms with van der Waals surface area (Å²) in [6.45, 7) is 5.51. The second-order valence-electron chi connectivity index (χ2n) is 4.92. The summed E-state index contributed by atoms with van der Waals surface area (Å²) in [4.78, 5) is 0. The predicted octanol–water partition coefficient (Wildman–Crippen LogP) is 2.37. The van der Waals surface area contributed by atoms with Crippen molar-refractivity contribution in [3.63, 3.8) is 0 Å². The normalized spacial score (nSPS) is 14.1. The van der Waals surface area contributed by atoms with Crippen LogP contribution in [0.4, 0.5) is 0 Å². The molecule has 0 heterocycles. The van der Waals surface area contributed by atoms with Gasteiger partial charge in [0.15, 0.2) is 0 Å². The molecule has 0 aliphatic carbocycles. The van der Waals surface area contributed by atoms with Gasteiger partial charge in [-0.3, -0.25) is 0 Å². The van der Waals surface area contributed by atoms with E-state index in [0.717, 1.165) is 0 Å². The van der Waals surface area contributed by atoms with Crippen LogP contribution in [0.1, 0.15) is 32.4 Å². The van der Waals surface area contributed by atoms with Crippen molar-refractivity contribution >= 4 is 10.0 Å². The number of sulfonamides is 1. The molecule has 1 aromatic carbocycles. The Hall–Kier alpha value is -1.07. The Balaban J connectivity index is 2.98. The Morgan fingerprint density at radius 2 is 1.78 bits per heavy atom. The molecule has 0 aliphatic heterocycles. The molecule has 4 nitrogen and oxygen atoms in total. The van der Waals surface area contributed by atoms with Crippen LogP contribution in [-0.4, -0.2) is 30.6 Å². The second kappa shape index (κ2) is 5.71. The third-order valence-electron chi connectivity index (χ3n) is 2.91. The Kier molecular flexibility index (Phi) is 4.76. The molecular formula is C13H21NO3S. The van der Waals surface area contributed by atoms with Crippen LogP contribution in [0.5, 0.6) is 5.75 Å². The van der Waals surface area contributed by atoms with Crippen LogP contribution in [0.2, 0.25) is 0 Å². The highest BCUT2D eigenvalue weighted by atomic mass is 32.2. The van der Waals surface area contributed by atoms with Gasteiger partial charge in [0.05, 0.1) is 11.8 Å². The molecule has 1 atom stereocenters. The van der Waals surface area contributed by atoms with Crippen molar-refractivity contribution in [1.82, 2.24) is 4.31 Å². The molecule has 0 bridgehead atoms.